The van der Waals surface area contributed by atoms with Crippen LogP contribution in [0.15, 0.2) is 42.5 Å². The maximum atomic E-state index is 13.2. The highest BCUT2D eigenvalue weighted by Gasteiger charge is 2.46. The predicted molar refractivity (Wildman–Crippen MR) is 217 cm³/mol. The van der Waals surface area contributed by atoms with Crippen molar-refractivity contribution < 1.29 is 38.2 Å². The number of hydrogen-bond acceptors (Lipinski definition) is 13. The van der Waals surface area contributed by atoms with Crippen molar-refractivity contribution in [1.29, 1.82) is 0 Å². The third-order valence-electron chi connectivity index (χ3n) is 10.5. The molecule has 6 rings (SSSR count). The van der Waals surface area contributed by atoms with Crippen LogP contribution in [0.5, 0.6) is 17.2 Å². The first-order valence-corrected chi connectivity index (χ1v) is 20.3. The number of ether oxygens (including phenoxy) is 3. The van der Waals surface area contributed by atoms with E-state index in [9.17, 15) is 24.0 Å². The zero-order valence-corrected chi connectivity index (χ0v) is 33.4. The number of carbonyl (C=O) groups is 5. The molecule has 3 aliphatic rings. The summed E-state index contributed by atoms with van der Waals surface area (Å²) in [6, 6.07) is 11.2. The van der Waals surface area contributed by atoms with E-state index in [2.05, 4.69) is 31.2 Å². The van der Waals surface area contributed by atoms with E-state index < -0.39 is 29.7 Å². The smallest absolute Gasteiger partial charge is 0.266 e. The summed E-state index contributed by atoms with van der Waals surface area (Å²) < 4.78 is 17.3. The molecule has 0 aliphatic carbocycles. The van der Waals surface area contributed by atoms with Gasteiger partial charge in [-0.2, -0.15) is 4.98 Å². The number of carbonyl (C=O) groups excluding carboxylic acids is 5. The molecule has 1 aromatic heterocycles. The molecule has 310 valence electrons. The Kier molecular flexibility index (Phi) is 14.9. The maximum absolute atomic E-state index is 13.2. The van der Waals surface area contributed by atoms with Gasteiger partial charge >= 0.3 is 0 Å². The minimum Gasteiger partial charge on any atom is -0.493 e. The van der Waals surface area contributed by atoms with Crippen LogP contribution in [0.25, 0.3) is 0 Å². The van der Waals surface area contributed by atoms with Crippen LogP contribution < -0.4 is 35.5 Å². The number of nitrogens with one attached hydrogen (secondary N) is 4. The summed E-state index contributed by atoms with van der Waals surface area (Å²) in [5.41, 5.74) is 1.86. The molecule has 0 radical (unpaired) electrons. The van der Waals surface area contributed by atoms with Crippen molar-refractivity contribution in [3.8, 4) is 17.2 Å². The van der Waals surface area contributed by atoms with E-state index in [1.54, 1.807) is 13.2 Å². The lowest BCUT2D eigenvalue weighted by Gasteiger charge is -2.27. The quantitative estimate of drug-likeness (QED) is 0.0814. The molecule has 1 unspecified atom stereocenters. The largest absolute Gasteiger partial charge is 0.493 e. The summed E-state index contributed by atoms with van der Waals surface area (Å²) >= 11 is 0. The molecule has 3 aromatic rings. The van der Waals surface area contributed by atoms with Gasteiger partial charge in [-0.15, -0.1) is 0 Å². The molecule has 2 saturated heterocycles. The topological polar surface area (TPSA) is 193 Å². The number of aryl methyl sites for hydroxylation is 1. The highest BCUT2D eigenvalue weighted by molar-refractivity contribution is 6.24. The third kappa shape index (κ3) is 11.0. The molecule has 0 spiro atoms. The summed E-state index contributed by atoms with van der Waals surface area (Å²) in [6.45, 7) is 4.16. The van der Waals surface area contributed by atoms with Gasteiger partial charge in [-0.3, -0.25) is 34.2 Å². The van der Waals surface area contributed by atoms with Crippen LogP contribution in [0.1, 0.15) is 97.0 Å². The molecule has 58 heavy (non-hydrogen) atoms. The average Bonchev–Trinajstić information content (AvgIpc) is 3.83. The lowest BCUT2D eigenvalue weighted by molar-refractivity contribution is -0.136. The van der Waals surface area contributed by atoms with Gasteiger partial charge in [0.1, 0.15) is 17.6 Å². The van der Waals surface area contributed by atoms with Crippen molar-refractivity contribution >= 4 is 47.0 Å². The Morgan fingerprint density at radius 1 is 0.879 bits per heavy atom. The fourth-order valence-electron chi connectivity index (χ4n) is 7.45. The van der Waals surface area contributed by atoms with Crippen LogP contribution in [-0.2, 0) is 20.8 Å². The molecule has 0 bridgehead atoms. The molecule has 1 atom stereocenters. The van der Waals surface area contributed by atoms with Gasteiger partial charge in [0.25, 0.3) is 17.7 Å². The monoisotopic (exact) mass is 798 g/mol. The Bertz CT molecular complexity index is 1950. The fourth-order valence-corrected chi connectivity index (χ4v) is 7.45. The van der Waals surface area contributed by atoms with Crippen LogP contribution >= 0.6 is 0 Å². The van der Waals surface area contributed by atoms with E-state index in [4.69, 9.17) is 19.2 Å². The highest BCUT2D eigenvalue weighted by Crippen LogP contribution is 2.34. The van der Waals surface area contributed by atoms with Crippen LogP contribution in [0.4, 0.5) is 17.5 Å². The van der Waals surface area contributed by atoms with E-state index in [1.165, 1.54) is 38.1 Å². The number of nitrogens with zero attached hydrogens (tertiary/aromatic N) is 4. The number of imide groups is 2. The zero-order valence-electron chi connectivity index (χ0n) is 33.4. The van der Waals surface area contributed by atoms with Gasteiger partial charge in [0, 0.05) is 50.1 Å². The predicted octanol–water partition coefficient (Wildman–Crippen LogP) is 4.61. The van der Waals surface area contributed by atoms with E-state index in [0.29, 0.717) is 30.6 Å². The van der Waals surface area contributed by atoms with Crippen LogP contribution in [-0.4, -0.2) is 109 Å². The molecular formula is C42H54N8O8. The minimum atomic E-state index is -1.08. The van der Waals surface area contributed by atoms with Gasteiger partial charge in [-0.1, -0.05) is 31.7 Å². The van der Waals surface area contributed by atoms with Crippen molar-refractivity contribution in [3.05, 3.63) is 59.3 Å². The first-order valence-electron chi connectivity index (χ1n) is 20.3. The first kappa shape index (κ1) is 41.9. The molecule has 0 saturated carbocycles. The van der Waals surface area contributed by atoms with Gasteiger partial charge in [-0.05, 0) is 82.3 Å². The van der Waals surface area contributed by atoms with Crippen LogP contribution in [0.3, 0.4) is 0 Å². The lowest BCUT2D eigenvalue weighted by Crippen LogP contribution is -2.54. The number of unbranched alkanes of at least 4 members (excludes halogenated alkanes) is 5. The number of methoxy groups -OCH3 is 1. The molecule has 2 fully saturated rings. The summed E-state index contributed by atoms with van der Waals surface area (Å²) in [4.78, 5) is 75.5. The number of aromatic nitrogens is 2. The van der Waals surface area contributed by atoms with Gasteiger partial charge in [-0.25, -0.2) is 4.98 Å². The number of benzene rings is 2. The second kappa shape index (κ2) is 20.6. The molecule has 2 aromatic carbocycles. The van der Waals surface area contributed by atoms with E-state index >= 15 is 0 Å². The van der Waals surface area contributed by atoms with Crippen LogP contribution in [0, 0.1) is 0 Å². The molecule has 16 heteroatoms. The minimum absolute atomic E-state index is 0.0101. The third-order valence-corrected chi connectivity index (χ3v) is 10.5. The number of rotatable bonds is 22. The van der Waals surface area contributed by atoms with Gasteiger partial charge in [0.2, 0.25) is 17.8 Å². The Hall–Kier alpha value is -5.77. The number of likely N-dealkylation sites (tertiary alicyclic amines) is 1. The Balaban J connectivity index is 0.869. The fraction of sp³-hybridized carbons (Fsp3) is 0.500. The molecular weight excluding hydrogens is 745 g/mol. The van der Waals surface area contributed by atoms with Crippen molar-refractivity contribution in [2.24, 2.45) is 0 Å². The molecule has 5 amide bonds. The van der Waals surface area contributed by atoms with Crippen molar-refractivity contribution in [1.82, 2.24) is 30.4 Å². The summed E-state index contributed by atoms with van der Waals surface area (Å²) in [5.74, 6) is -0.102. The summed E-state index contributed by atoms with van der Waals surface area (Å²) in [6.07, 6.45) is 10.3. The van der Waals surface area contributed by atoms with E-state index in [1.807, 2.05) is 31.3 Å². The normalized spacial score (nSPS) is 16.6. The number of fused-ring (bicyclic) bond motifs is 1. The summed E-state index contributed by atoms with van der Waals surface area (Å²) in [5, 5.41) is 11.5. The number of hydrogen-bond donors (Lipinski definition) is 4. The van der Waals surface area contributed by atoms with Crippen molar-refractivity contribution in [2.45, 2.75) is 83.1 Å². The lowest BCUT2D eigenvalue weighted by atomic mass is 10.0. The Morgan fingerprint density at radius 2 is 1.67 bits per heavy atom. The van der Waals surface area contributed by atoms with Gasteiger partial charge in [0.15, 0.2) is 18.1 Å². The van der Waals surface area contributed by atoms with Crippen molar-refractivity contribution in [2.75, 3.05) is 64.2 Å². The molecule has 3 aliphatic heterocycles. The number of amides is 5. The van der Waals surface area contributed by atoms with Crippen LogP contribution in [0.2, 0.25) is 0 Å². The SMILES string of the molecule is CNc1cc(CCCCCCCCNC(=O)COc2cccc3c2C(=O)N(C2CCC(=O)NC2=O)C3=O)nc(Nc2ccc(OC)c(OCCCN3CCCC3)c2)n1. The van der Waals surface area contributed by atoms with E-state index in [0.717, 1.165) is 80.0 Å². The highest BCUT2D eigenvalue weighted by atomic mass is 16.5. The Morgan fingerprint density at radius 3 is 2.45 bits per heavy atom. The van der Waals surface area contributed by atoms with E-state index in [-0.39, 0.29) is 42.2 Å². The number of piperidine rings is 1. The molecule has 4 heterocycles. The standard InChI is InChI=1S/C42H54N8O8/c1-43-35-26-28(45-42(47-35)46-29-16-18-32(56-2)34(25-29)57-24-12-23-49-21-9-10-22-49)13-7-5-3-4-6-8-20-44-37(52)27-58-33-15-11-14-30-38(33)41(55)50(40(30)54)31-17-19-36(51)48-39(31)53/h11,14-16,18,25-26,31H,3-10,12-13,17,19-24,27H2,1-2H3,(H,44,52)(H,48,51,53)(H2,43,45,46,47). The molecule has 4 N–H and O–H groups in total. The Labute approximate surface area is 338 Å². The maximum Gasteiger partial charge on any atom is 0.266 e. The second-order valence-electron chi connectivity index (χ2n) is 14.7. The van der Waals surface area contributed by atoms with Gasteiger partial charge in [0.05, 0.1) is 24.8 Å². The molecule has 16 nitrogen and oxygen atoms in total. The summed E-state index contributed by atoms with van der Waals surface area (Å²) in [7, 11) is 3.48. The average molecular weight is 799 g/mol. The zero-order chi connectivity index (χ0) is 40.9. The van der Waals surface area contributed by atoms with Gasteiger partial charge < -0.3 is 35.1 Å². The van der Waals surface area contributed by atoms with Crippen molar-refractivity contribution in [3.63, 3.8) is 0 Å². The first-order chi connectivity index (χ1) is 28.2. The number of anilines is 3. The second-order valence-corrected chi connectivity index (χ2v) is 14.7.